The van der Waals surface area contributed by atoms with Crippen LogP contribution in [0.2, 0.25) is 0 Å². The minimum absolute atomic E-state index is 0. The highest BCUT2D eigenvalue weighted by molar-refractivity contribution is 14.0. The molecule has 0 aromatic rings. The molecule has 0 unspecified atom stereocenters. The topological polar surface area (TPSA) is 56.7 Å². The maximum absolute atomic E-state index is 10.3. The summed E-state index contributed by atoms with van der Waals surface area (Å²) < 4.78 is 0. The van der Waals surface area contributed by atoms with Crippen LogP contribution in [0.25, 0.3) is 0 Å². The summed E-state index contributed by atoms with van der Waals surface area (Å²) in [6.45, 7) is 8.93. The standard InChI is InChI=1S/C16H33N3O.HI/c1-4-17-15(18-12-8-5-9-14(2)3)19-13-16(20)10-6-7-11-16;/h14,20H,4-13H2,1-3H3,(H2,17,18,19);1H. The number of rotatable bonds is 8. The number of halogens is 1. The molecule has 0 aliphatic heterocycles. The van der Waals surface area contributed by atoms with Crippen molar-refractivity contribution >= 4 is 29.9 Å². The number of hydrogen-bond donors (Lipinski definition) is 3. The van der Waals surface area contributed by atoms with Gasteiger partial charge < -0.3 is 15.7 Å². The van der Waals surface area contributed by atoms with Crippen LogP contribution in [-0.2, 0) is 0 Å². The van der Waals surface area contributed by atoms with Crippen molar-refractivity contribution < 1.29 is 5.11 Å². The molecule has 0 heterocycles. The summed E-state index contributed by atoms with van der Waals surface area (Å²) in [6.07, 6.45) is 7.76. The number of unbranched alkanes of at least 4 members (excludes halogenated alkanes) is 1. The molecular formula is C16H34IN3O. The molecule has 1 aliphatic carbocycles. The molecule has 0 radical (unpaired) electrons. The van der Waals surface area contributed by atoms with Gasteiger partial charge in [0.25, 0.3) is 0 Å². The van der Waals surface area contributed by atoms with E-state index in [2.05, 4.69) is 36.4 Å². The molecule has 0 atom stereocenters. The molecule has 0 aromatic heterocycles. The Labute approximate surface area is 147 Å². The lowest BCUT2D eigenvalue weighted by atomic mass is 10.0. The Kier molecular flexibility index (Phi) is 11.5. The maximum Gasteiger partial charge on any atom is 0.191 e. The van der Waals surface area contributed by atoms with E-state index in [0.717, 1.165) is 50.7 Å². The van der Waals surface area contributed by atoms with E-state index >= 15 is 0 Å². The van der Waals surface area contributed by atoms with Gasteiger partial charge in [-0.2, -0.15) is 0 Å². The van der Waals surface area contributed by atoms with Crippen molar-refractivity contribution in [3.8, 4) is 0 Å². The molecule has 1 aliphatic rings. The second-order valence-electron chi connectivity index (χ2n) is 6.44. The third kappa shape index (κ3) is 9.55. The van der Waals surface area contributed by atoms with Gasteiger partial charge in [-0.3, -0.25) is 4.99 Å². The van der Waals surface area contributed by atoms with E-state index in [1.54, 1.807) is 0 Å². The van der Waals surface area contributed by atoms with E-state index < -0.39 is 5.60 Å². The quantitative estimate of drug-likeness (QED) is 0.249. The summed E-state index contributed by atoms with van der Waals surface area (Å²) in [5.74, 6) is 1.63. The van der Waals surface area contributed by atoms with Gasteiger partial charge >= 0.3 is 0 Å². The van der Waals surface area contributed by atoms with Crippen molar-refractivity contribution in [1.29, 1.82) is 0 Å². The van der Waals surface area contributed by atoms with Gasteiger partial charge in [0.05, 0.1) is 12.1 Å². The molecular weight excluding hydrogens is 377 g/mol. The minimum Gasteiger partial charge on any atom is -0.388 e. The minimum atomic E-state index is -0.556. The van der Waals surface area contributed by atoms with Gasteiger partial charge in [0.1, 0.15) is 0 Å². The first-order chi connectivity index (χ1) is 9.56. The molecule has 0 spiro atoms. The van der Waals surface area contributed by atoms with Gasteiger partial charge in [0.2, 0.25) is 0 Å². The van der Waals surface area contributed by atoms with Crippen LogP contribution in [0.4, 0.5) is 0 Å². The van der Waals surface area contributed by atoms with Gasteiger partial charge in [-0.15, -0.1) is 24.0 Å². The first-order valence-corrected chi connectivity index (χ1v) is 8.30. The van der Waals surface area contributed by atoms with Crippen molar-refractivity contribution in [2.24, 2.45) is 10.9 Å². The Bertz CT molecular complexity index is 289. The molecule has 1 saturated carbocycles. The van der Waals surface area contributed by atoms with E-state index in [9.17, 15) is 5.11 Å². The maximum atomic E-state index is 10.3. The zero-order valence-electron chi connectivity index (χ0n) is 14.0. The summed E-state index contributed by atoms with van der Waals surface area (Å²) in [7, 11) is 0. The molecule has 1 fully saturated rings. The summed E-state index contributed by atoms with van der Waals surface area (Å²) >= 11 is 0. The third-order valence-electron chi connectivity index (χ3n) is 3.91. The molecule has 1 rings (SSSR count). The van der Waals surface area contributed by atoms with Gasteiger partial charge in [0, 0.05) is 13.1 Å². The summed E-state index contributed by atoms with van der Waals surface area (Å²) in [4.78, 5) is 4.54. The highest BCUT2D eigenvalue weighted by Gasteiger charge is 2.30. The average molecular weight is 411 g/mol. The smallest absolute Gasteiger partial charge is 0.191 e. The number of aliphatic imine (C=N–C) groups is 1. The van der Waals surface area contributed by atoms with E-state index in [1.165, 1.54) is 19.3 Å². The second kappa shape index (κ2) is 11.5. The SMILES string of the molecule is CCNC(=NCC1(O)CCCC1)NCCCCC(C)C.I. The zero-order valence-corrected chi connectivity index (χ0v) is 16.3. The van der Waals surface area contributed by atoms with Crippen LogP contribution in [0, 0.1) is 5.92 Å². The first-order valence-electron chi connectivity index (χ1n) is 8.30. The summed E-state index contributed by atoms with van der Waals surface area (Å²) in [5.41, 5.74) is -0.556. The van der Waals surface area contributed by atoms with Crippen LogP contribution in [0.1, 0.15) is 65.7 Å². The van der Waals surface area contributed by atoms with Crippen molar-refractivity contribution in [2.45, 2.75) is 71.3 Å². The molecule has 3 N–H and O–H groups in total. The number of hydrogen-bond acceptors (Lipinski definition) is 2. The summed E-state index contributed by atoms with van der Waals surface area (Å²) in [6, 6.07) is 0. The molecule has 0 aromatic carbocycles. The van der Waals surface area contributed by atoms with E-state index in [0.29, 0.717) is 6.54 Å². The van der Waals surface area contributed by atoms with Crippen LogP contribution < -0.4 is 10.6 Å². The van der Waals surface area contributed by atoms with Gasteiger partial charge in [0.15, 0.2) is 5.96 Å². The predicted octanol–water partition coefficient (Wildman–Crippen LogP) is 3.29. The highest BCUT2D eigenvalue weighted by Crippen LogP contribution is 2.29. The molecule has 126 valence electrons. The normalized spacial score (nSPS) is 17.7. The Balaban J connectivity index is 0.00000400. The second-order valence-corrected chi connectivity index (χ2v) is 6.44. The van der Waals surface area contributed by atoms with E-state index in [-0.39, 0.29) is 24.0 Å². The molecule has 0 amide bonds. The number of guanidine groups is 1. The Morgan fingerprint density at radius 3 is 2.43 bits per heavy atom. The average Bonchev–Trinajstić information content (AvgIpc) is 2.82. The lowest BCUT2D eigenvalue weighted by molar-refractivity contribution is 0.0574. The third-order valence-corrected chi connectivity index (χ3v) is 3.91. The molecule has 0 saturated heterocycles. The van der Waals surface area contributed by atoms with Crippen LogP contribution >= 0.6 is 24.0 Å². The van der Waals surface area contributed by atoms with Crippen molar-refractivity contribution in [2.75, 3.05) is 19.6 Å². The number of nitrogens with one attached hydrogen (secondary N) is 2. The fourth-order valence-corrected chi connectivity index (χ4v) is 2.64. The number of nitrogens with zero attached hydrogens (tertiary/aromatic N) is 1. The largest absolute Gasteiger partial charge is 0.388 e. The van der Waals surface area contributed by atoms with E-state index in [1.807, 2.05) is 0 Å². The Morgan fingerprint density at radius 2 is 1.86 bits per heavy atom. The zero-order chi connectivity index (χ0) is 14.8. The fraction of sp³-hybridized carbons (Fsp3) is 0.938. The lowest BCUT2D eigenvalue weighted by Crippen LogP contribution is -2.39. The summed E-state index contributed by atoms with van der Waals surface area (Å²) in [5, 5.41) is 16.9. The van der Waals surface area contributed by atoms with Crippen molar-refractivity contribution in [3.05, 3.63) is 0 Å². The Hall–Kier alpha value is -0.0400. The number of aliphatic hydroxyl groups is 1. The lowest BCUT2D eigenvalue weighted by Gasteiger charge is -2.20. The van der Waals surface area contributed by atoms with Gasteiger partial charge in [-0.1, -0.05) is 39.5 Å². The van der Waals surface area contributed by atoms with Crippen LogP contribution in [0.5, 0.6) is 0 Å². The van der Waals surface area contributed by atoms with Gasteiger partial charge in [-0.25, -0.2) is 0 Å². The van der Waals surface area contributed by atoms with Crippen LogP contribution in [0.3, 0.4) is 0 Å². The highest BCUT2D eigenvalue weighted by atomic mass is 127. The monoisotopic (exact) mass is 411 g/mol. The van der Waals surface area contributed by atoms with Crippen LogP contribution in [-0.4, -0.2) is 36.3 Å². The van der Waals surface area contributed by atoms with Crippen molar-refractivity contribution in [3.63, 3.8) is 0 Å². The first kappa shape index (κ1) is 21.0. The van der Waals surface area contributed by atoms with Crippen molar-refractivity contribution in [1.82, 2.24) is 10.6 Å². The molecule has 21 heavy (non-hydrogen) atoms. The van der Waals surface area contributed by atoms with E-state index in [4.69, 9.17) is 0 Å². The molecule has 4 nitrogen and oxygen atoms in total. The molecule has 5 heteroatoms. The fourth-order valence-electron chi connectivity index (χ4n) is 2.64. The van der Waals surface area contributed by atoms with Gasteiger partial charge in [-0.05, 0) is 32.1 Å². The molecule has 0 bridgehead atoms. The van der Waals surface area contributed by atoms with Crippen LogP contribution in [0.15, 0.2) is 4.99 Å². The Morgan fingerprint density at radius 1 is 1.19 bits per heavy atom. The predicted molar refractivity (Wildman–Crippen MR) is 102 cm³/mol.